The molecule has 0 aliphatic carbocycles. The van der Waals surface area contributed by atoms with Crippen molar-refractivity contribution in [3.05, 3.63) is 57.9 Å². The molecule has 0 unspecified atom stereocenters. The number of phenols is 1. The van der Waals surface area contributed by atoms with Crippen molar-refractivity contribution in [2.75, 3.05) is 5.43 Å². The molecule has 0 amide bonds. The lowest BCUT2D eigenvalue weighted by Crippen LogP contribution is -2.17. The maximum Gasteiger partial charge on any atom is 0.573 e. The number of nitrogens with zero attached hydrogens (tertiary/aromatic N) is 2. The molecule has 3 aromatic rings. The molecule has 0 aliphatic rings. The third kappa shape index (κ3) is 5.20. The summed E-state index contributed by atoms with van der Waals surface area (Å²) in [6.07, 6.45) is -3.74. The summed E-state index contributed by atoms with van der Waals surface area (Å²) < 4.78 is 41.3. The Morgan fingerprint density at radius 2 is 1.96 bits per heavy atom. The number of hydrazone groups is 1. The summed E-state index contributed by atoms with van der Waals surface area (Å²) >= 11 is 4.39. The van der Waals surface area contributed by atoms with Crippen molar-refractivity contribution >= 4 is 38.6 Å². The van der Waals surface area contributed by atoms with Gasteiger partial charge in [0.05, 0.1) is 11.9 Å². The minimum atomic E-state index is -4.92. The first kappa shape index (κ1) is 19.2. The lowest BCUT2D eigenvalue weighted by molar-refractivity contribution is -0.275. The Morgan fingerprint density at radius 1 is 1.22 bits per heavy atom. The van der Waals surface area contributed by atoms with Gasteiger partial charge in [-0.3, -0.25) is 5.43 Å². The topological polar surface area (TPSA) is 66.7 Å². The van der Waals surface area contributed by atoms with Crippen molar-refractivity contribution < 1.29 is 23.0 Å². The molecule has 10 heteroatoms. The van der Waals surface area contributed by atoms with Crippen molar-refractivity contribution in [3.8, 4) is 22.8 Å². The summed E-state index contributed by atoms with van der Waals surface area (Å²) in [6, 6.07) is 12.0. The molecule has 0 saturated heterocycles. The van der Waals surface area contributed by atoms with Crippen molar-refractivity contribution in [1.29, 1.82) is 0 Å². The normalized spacial score (nSPS) is 11.7. The number of phenolic OH excluding ortho intramolecular Hbond substituents is 1. The van der Waals surface area contributed by atoms with E-state index in [1.165, 1.54) is 23.6 Å². The van der Waals surface area contributed by atoms with E-state index in [0.29, 0.717) is 9.60 Å². The molecule has 1 aromatic heterocycles. The fourth-order valence-electron chi connectivity index (χ4n) is 2.12. The molecule has 3 rings (SSSR count). The highest BCUT2D eigenvalue weighted by atomic mass is 79.9. The molecule has 140 valence electrons. The minimum Gasteiger partial charge on any atom is -0.504 e. The van der Waals surface area contributed by atoms with Crippen LogP contribution >= 0.6 is 27.3 Å². The number of nitrogens with one attached hydrogen (secondary N) is 1. The van der Waals surface area contributed by atoms with E-state index in [0.717, 1.165) is 17.3 Å². The van der Waals surface area contributed by atoms with Gasteiger partial charge in [-0.05, 0) is 12.1 Å². The van der Waals surface area contributed by atoms with Gasteiger partial charge in [0.25, 0.3) is 0 Å². The zero-order chi connectivity index (χ0) is 19.4. The molecule has 1 heterocycles. The first-order valence-corrected chi connectivity index (χ1v) is 9.07. The van der Waals surface area contributed by atoms with E-state index in [-0.39, 0.29) is 5.56 Å². The highest BCUT2D eigenvalue weighted by Crippen LogP contribution is 2.36. The molecule has 2 N–H and O–H groups in total. The summed E-state index contributed by atoms with van der Waals surface area (Å²) in [7, 11) is 0. The highest BCUT2D eigenvalue weighted by molar-refractivity contribution is 9.10. The molecule has 0 fully saturated rings. The van der Waals surface area contributed by atoms with Crippen LogP contribution in [0.2, 0.25) is 0 Å². The summed E-state index contributed by atoms with van der Waals surface area (Å²) in [5.74, 6) is -1.40. The van der Waals surface area contributed by atoms with Crippen LogP contribution in [0.25, 0.3) is 11.3 Å². The van der Waals surface area contributed by atoms with Crippen LogP contribution in [0.1, 0.15) is 5.56 Å². The van der Waals surface area contributed by atoms with Gasteiger partial charge < -0.3 is 9.84 Å². The van der Waals surface area contributed by atoms with Crippen LogP contribution in [0.3, 0.4) is 0 Å². The summed E-state index contributed by atoms with van der Waals surface area (Å²) in [5, 5.41) is 16.2. The zero-order valence-corrected chi connectivity index (χ0v) is 15.8. The number of hydrogen-bond acceptors (Lipinski definition) is 6. The molecule has 0 radical (unpaired) electrons. The van der Waals surface area contributed by atoms with Gasteiger partial charge in [0.2, 0.25) is 5.13 Å². The van der Waals surface area contributed by atoms with Gasteiger partial charge in [-0.2, -0.15) is 5.10 Å². The first-order valence-electron chi connectivity index (χ1n) is 7.40. The molecule has 27 heavy (non-hydrogen) atoms. The van der Waals surface area contributed by atoms with Crippen LogP contribution in [0, 0.1) is 0 Å². The number of ether oxygens (including phenoxy) is 1. The summed E-state index contributed by atoms with van der Waals surface area (Å²) in [6.45, 7) is 0. The Hall–Kier alpha value is -2.59. The number of aromatic hydroxyl groups is 1. The molecule has 0 aliphatic heterocycles. The molecule has 0 spiro atoms. The van der Waals surface area contributed by atoms with Crippen molar-refractivity contribution in [2.24, 2.45) is 5.10 Å². The van der Waals surface area contributed by atoms with Crippen molar-refractivity contribution in [1.82, 2.24) is 4.98 Å². The predicted molar refractivity (Wildman–Crippen MR) is 101 cm³/mol. The third-order valence-electron chi connectivity index (χ3n) is 3.23. The minimum absolute atomic E-state index is 0.0379. The van der Waals surface area contributed by atoms with Crippen LogP contribution in [0.15, 0.2) is 57.4 Å². The lowest BCUT2D eigenvalue weighted by atomic mass is 10.2. The van der Waals surface area contributed by atoms with Crippen LogP contribution in [0.4, 0.5) is 18.3 Å². The zero-order valence-electron chi connectivity index (χ0n) is 13.4. The Kier molecular flexibility index (Phi) is 5.66. The number of hydrogen-bond donors (Lipinski definition) is 2. The van der Waals surface area contributed by atoms with Crippen molar-refractivity contribution in [2.45, 2.75) is 6.36 Å². The smallest absolute Gasteiger partial charge is 0.504 e. The Balaban J connectivity index is 1.74. The Morgan fingerprint density at radius 3 is 2.67 bits per heavy atom. The van der Waals surface area contributed by atoms with Crippen LogP contribution < -0.4 is 10.2 Å². The molecule has 2 aromatic carbocycles. The number of alkyl halides is 3. The Labute approximate surface area is 164 Å². The maximum absolute atomic E-state index is 12.4. The number of rotatable bonds is 5. The average molecular weight is 458 g/mol. The van der Waals surface area contributed by atoms with Crippen LogP contribution in [0.5, 0.6) is 11.5 Å². The molecule has 0 bridgehead atoms. The van der Waals surface area contributed by atoms with Gasteiger partial charge in [0.15, 0.2) is 11.5 Å². The molecular weight excluding hydrogens is 447 g/mol. The largest absolute Gasteiger partial charge is 0.573 e. The second-order valence-corrected chi connectivity index (χ2v) is 6.94. The highest BCUT2D eigenvalue weighted by Gasteiger charge is 2.32. The number of halogens is 4. The quantitative estimate of drug-likeness (QED) is 0.385. The van der Waals surface area contributed by atoms with E-state index < -0.39 is 17.9 Å². The predicted octanol–water partition coefficient (Wildman–Crippen LogP) is 5.62. The molecule has 0 saturated carbocycles. The van der Waals surface area contributed by atoms with Gasteiger partial charge in [-0.1, -0.05) is 46.3 Å². The summed E-state index contributed by atoms with van der Waals surface area (Å²) in [5.41, 5.74) is 4.44. The maximum atomic E-state index is 12.4. The standard InChI is InChI=1S/C17H11BrF3N3O2S/c18-12-6-11(15(25)14(7-12)26-17(19,20)21)8-22-24-16-23-13(9-27-16)10-4-2-1-3-5-10/h1-9,25H,(H,23,24). The summed E-state index contributed by atoms with van der Waals surface area (Å²) in [4.78, 5) is 4.37. The second-order valence-electron chi connectivity index (χ2n) is 5.16. The van der Waals surface area contributed by atoms with E-state index >= 15 is 0 Å². The van der Waals surface area contributed by atoms with E-state index in [4.69, 9.17) is 0 Å². The SMILES string of the molecule is Oc1c(C=NNc2nc(-c3ccccc3)cs2)cc(Br)cc1OC(F)(F)F. The van der Waals surface area contributed by atoms with Gasteiger partial charge in [0, 0.05) is 21.0 Å². The van der Waals surface area contributed by atoms with Crippen LogP contribution in [-0.2, 0) is 0 Å². The molecule has 5 nitrogen and oxygen atoms in total. The first-order chi connectivity index (χ1) is 12.8. The van der Waals surface area contributed by atoms with E-state index in [1.807, 2.05) is 35.7 Å². The van der Waals surface area contributed by atoms with Gasteiger partial charge in [0.1, 0.15) is 0 Å². The van der Waals surface area contributed by atoms with Gasteiger partial charge in [-0.15, -0.1) is 24.5 Å². The number of thiazole rings is 1. The number of anilines is 1. The Bertz CT molecular complexity index is 962. The third-order valence-corrected chi connectivity index (χ3v) is 4.44. The average Bonchev–Trinajstić information content (AvgIpc) is 3.07. The van der Waals surface area contributed by atoms with Crippen molar-refractivity contribution in [3.63, 3.8) is 0 Å². The second kappa shape index (κ2) is 7.97. The number of aromatic nitrogens is 1. The molecule has 0 atom stereocenters. The lowest BCUT2D eigenvalue weighted by Gasteiger charge is -2.12. The fourth-order valence-corrected chi connectivity index (χ4v) is 3.24. The number of benzene rings is 2. The van der Waals surface area contributed by atoms with E-state index in [1.54, 1.807) is 0 Å². The van der Waals surface area contributed by atoms with Crippen LogP contribution in [-0.4, -0.2) is 22.7 Å². The van der Waals surface area contributed by atoms with E-state index in [2.05, 4.69) is 36.2 Å². The molecular formula is C17H11BrF3N3O2S. The van der Waals surface area contributed by atoms with Gasteiger partial charge >= 0.3 is 6.36 Å². The monoisotopic (exact) mass is 457 g/mol. The van der Waals surface area contributed by atoms with E-state index in [9.17, 15) is 18.3 Å². The fraction of sp³-hybridized carbons (Fsp3) is 0.0588. The van der Waals surface area contributed by atoms with Gasteiger partial charge in [-0.25, -0.2) is 4.98 Å².